The van der Waals surface area contributed by atoms with Gasteiger partial charge in [-0.25, -0.2) is 8.42 Å². The molecule has 0 aromatic heterocycles. The van der Waals surface area contributed by atoms with E-state index in [-0.39, 0.29) is 10.8 Å². The van der Waals surface area contributed by atoms with Crippen molar-refractivity contribution in [1.82, 2.24) is 0 Å². The van der Waals surface area contributed by atoms with E-state index < -0.39 is 16.1 Å². The minimum atomic E-state index is -3.62. The summed E-state index contributed by atoms with van der Waals surface area (Å²) in [5, 5.41) is 10.1. The Morgan fingerprint density at radius 3 is 2.07 bits per heavy atom. The van der Waals surface area contributed by atoms with Crippen molar-refractivity contribution in [1.29, 1.82) is 0 Å². The monoisotopic (exact) mass is 407 g/mol. The molecule has 150 valence electrons. The number of aliphatic hydroxyl groups excluding tert-OH is 1. The van der Waals surface area contributed by atoms with E-state index in [1.807, 2.05) is 30.3 Å². The number of aliphatic hydroxyl groups is 1. The lowest BCUT2D eigenvalue weighted by Gasteiger charge is -2.20. The molecule has 3 aromatic carbocycles. The largest absolute Gasteiger partial charge is 0.389 e. The molecular weight excluding hydrogens is 382 g/mol. The van der Waals surface area contributed by atoms with Crippen LogP contribution in [0.4, 0.5) is 5.69 Å². The third-order valence-corrected chi connectivity index (χ3v) is 6.21. The summed E-state index contributed by atoms with van der Waals surface area (Å²) in [5.41, 5.74) is 2.72. The van der Waals surface area contributed by atoms with E-state index in [0.717, 1.165) is 12.0 Å². The van der Waals surface area contributed by atoms with Crippen LogP contribution in [0.3, 0.4) is 0 Å². The Balaban J connectivity index is 1.78. The predicted molar refractivity (Wildman–Crippen MR) is 117 cm³/mol. The Hall–Kier alpha value is -2.89. The van der Waals surface area contributed by atoms with Gasteiger partial charge in [-0.1, -0.05) is 66.7 Å². The second-order valence-corrected chi connectivity index (χ2v) is 8.65. The molecule has 4 nitrogen and oxygen atoms in total. The molecule has 0 radical (unpaired) electrons. The fraction of sp³-hybridized carbons (Fsp3) is 0.167. The Morgan fingerprint density at radius 1 is 0.897 bits per heavy atom. The Kier molecular flexibility index (Phi) is 6.86. The topological polar surface area (TPSA) is 66.4 Å². The van der Waals surface area contributed by atoms with E-state index in [1.165, 1.54) is 5.56 Å². The quantitative estimate of drug-likeness (QED) is 0.503. The molecule has 0 spiro atoms. The highest BCUT2D eigenvalue weighted by Crippen LogP contribution is 2.28. The molecule has 3 rings (SSSR count). The van der Waals surface area contributed by atoms with Crippen molar-refractivity contribution < 1.29 is 13.5 Å². The van der Waals surface area contributed by atoms with Gasteiger partial charge >= 0.3 is 0 Å². The van der Waals surface area contributed by atoms with Crippen LogP contribution < -0.4 is 4.72 Å². The van der Waals surface area contributed by atoms with Crippen molar-refractivity contribution in [2.24, 2.45) is 0 Å². The third kappa shape index (κ3) is 5.79. The average molecular weight is 408 g/mol. The minimum Gasteiger partial charge on any atom is -0.389 e. The predicted octanol–water partition coefficient (Wildman–Crippen LogP) is 4.75. The minimum absolute atomic E-state index is 0.0881. The summed E-state index contributed by atoms with van der Waals surface area (Å²) in [6.07, 6.45) is 2.27. The Morgan fingerprint density at radius 2 is 1.48 bits per heavy atom. The molecule has 0 fully saturated rings. The molecular formula is C24H25NO3S. The van der Waals surface area contributed by atoms with Crippen molar-refractivity contribution in [2.45, 2.75) is 29.8 Å². The second kappa shape index (κ2) is 9.54. The molecule has 2 atom stereocenters. The standard InChI is InChI=1S/C24H25NO3S/c1-2-23(26)18-21(17-19-9-5-3-6-10-19)20-13-15-22(16-14-20)25-29(27,28)24-11-7-4-8-12-24/h2-16,21,23,25-26H,1,17-18H2/t21-,23+/m1/s1. The van der Waals surface area contributed by atoms with Crippen molar-refractivity contribution in [3.63, 3.8) is 0 Å². The van der Waals surface area contributed by atoms with Gasteiger partial charge in [0.25, 0.3) is 10.0 Å². The maximum Gasteiger partial charge on any atom is 0.261 e. The first kappa shape index (κ1) is 20.8. The van der Waals surface area contributed by atoms with Gasteiger partial charge in [0, 0.05) is 5.69 Å². The number of nitrogens with one attached hydrogen (secondary N) is 1. The second-order valence-electron chi connectivity index (χ2n) is 6.97. The fourth-order valence-corrected chi connectivity index (χ4v) is 4.34. The van der Waals surface area contributed by atoms with Gasteiger partial charge in [0.05, 0.1) is 11.0 Å². The van der Waals surface area contributed by atoms with Crippen LogP contribution in [0.5, 0.6) is 0 Å². The maximum absolute atomic E-state index is 12.5. The number of sulfonamides is 1. The summed E-state index contributed by atoms with van der Waals surface area (Å²) < 4.78 is 27.6. The first-order valence-electron chi connectivity index (χ1n) is 9.50. The zero-order valence-corrected chi connectivity index (χ0v) is 16.9. The third-order valence-electron chi connectivity index (χ3n) is 4.81. The summed E-state index contributed by atoms with van der Waals surface area (Å²) in [4.78, 5) is 0.222. The van der Waals surface area contributed by atoms with E-state index in [2.05, 4.69) is 23.4 Å². The molecule has 0 aliphatic rings. The van der Waals surface area contributed by atoms with Crippen LogP contribution in [0.2, 0.25) is 0 Å². The summed E-state index contributed by atoms with van der Waals surface area (Å²) in [6, 6.07) is 25.7. The number of anilines is 1. The van der Waals surface area contributed by atoms with E-state index in [1.54, 1.807) is 48.5 Å². The number of hydrogen-bond donors (Lipinski definition) is 2. The number of benzene rings is 3. The summed E-state index contributed by atoms with van der Waals surface area (Å²) in [7, 11) is -3.62. The van der Waals surface area contributed by atoms with E-state index >= 15 is 0 Å². The van der Waals surface area contributed by atoms with Crippen LogP contribution in [0.25, 0.3) is 0 Å². The van der Waals surface area contributed by atoms with Crippen molar-refractivity contribution in [3.8, 4) is 0 Å². The lowest BCUT2D eigenvalue weighted by molar-refractivity contribution is 0.201. The van der Waals surface area contributed by atoms with E-state index in [9.17, 15) is 13.5 Å². The molecule has 0 heterocycles. The maximum atomic E-state index is 12.5. The molecule has 29 heavy (non-hydrogen) atoms. The van der Waals surface area contributed by atoms with Crippen molar-refractivity contribution in [2.75, 3.05) is 4.72 Å². The van der Waals surface area contributed by atoms with Gasteiger partial charge in [-0.3, -0.25) is 4.72 Å². The lowest BCUT2D eigenvalue weighted by atomic mass is 9.87. The lowest BCUT2D eigenvalue weighted by Crippen LogP contribution is -2.14. The molecule has 0 saturated heterocycles. The van der Waals surface area contributed by atoms with Crippen LogP contribution in [-0.4, -0.2) is 19.6 Å². The van der Waals surface area contributed by atoms with Crippen molar-refractivity contribution in [3.05, 3.63) is 109 Å². The first-order chi connectivity index (χ1) is 14.0. The molecule has 0 unspecified atom stereocenters. The zero-order valence-electron chi connectivity index (χ0n) is 16.1. The van der Waals surface area contributed by atoms with E-state index in [0.29, 0.717) is 12.1 Å². The average Bonchev–Trinajstić information content (AvgIpc) is 2.75. The SMILES string of the molecule is C=C[C@H](O)C[C@@H](Cc1ccccc1)c1ccc(NS(=O)(=O)c2ccccc2)cc1. The molecule has 0 aliphatic heterocycles. The Bertz CT molecular complexity index is 1020. The fourth-order valence-electron chi connectivity index (χ4n) is 3.26. The highest BCUT2D eigenvalue weighted by Gasteiger charge is 2.17. The van der Waals surface area contributed by atoms with Crippen molar-refractivity contribution >= 4 is 15.7 Å². The normalized spacial score (nSPS) is 13.4. The molecule has 0 saturated carbocycles. The van der Waals surface area contributed by atoms with Gasteiger partial charge in [-0.2, -0.15) is 0 Å². The molecule has 2 N–H and O–H groups in total. The highest BCUT2D eigenvalue weighted by molar-refractivity contribution is 7.92. The zero-order chi connectivity index (χ0) is 20.7. The summed E-state index contributed by atoms with van der Waals surface area (Å²) in [5.74, 6) is 0.0881. The van der Waals surface area contributed by atoms with Crippen LogP contribution in [0.1, 0.15) is 23.5 Å². The van der Waals surface area contributed by atoms with Crippen LogP contribution in [-0.2, 0) is 16.4 Å². The summed E-state index contributed by atoms with van der Waals surface area (Å²) in [6.45, 7) is 3.67. The molecule has 0 amide bonds. The highest BCUT2D eigenvalue weighted by atomic mass is 32.2. The number of hydrogen-bond acceptors (Lipinski definition) is 3. The summed E-state index contributed by atoms with van der Waals surface area (Å²) >= 11 is 0. The number of rotatable bonds is 9. The van der Waals surface area contributed by atoms with Gasteiger partial charge in [-0.05, 0) is 54.2 Å². The first-order valence-corrected chi connectivity index (χ1v) is 11.0. The van der Waals surface area contributed by atoms with Gasteiger partial charge in [0.2, 0.25) is 0 Å². The van der Waals surface area contributed by atoms with Crippen LogP contribution >= 0.6 is 0 Å². The van der Waals surface area contributed by atoms with Gasteiger partial charge in [-0.15, -0.1) is 6.58 Å². The molecule has 0 bridgehead atoms. The van der Waals surface area contributed by atoms with Crippen LogP contribution in [0, 0.1) is 0 Å². The van der Waals surface area contributed by atoms with Gasteiger partial charge in [0.15, 0.2) is 0 Å². The van der Waals surface area contributed by atoms with Crippen LogP contribution in [0.15, 0.2) is 102 Å². The molecule has 5 heteroatoms. The van der Waals surface area contributed by atoms with Gasteiger partial charge in [0.1, 0.15) is 0 Å². The smallest absolute Gasteiger partial charge is 0.261 e. The molecule has 3 aromatic rings. The van der Waals surface area contributed by atoms with E-state index in [4.69, 9.17) is 0 Å². The molecule has 0 aliphatic carbocycles. The Labute approximate surface area is 172 Å². The van der Waals surface area contributed by atoms with Gasteiger partial charge < -0.3 is 5.11 Å².